The smallest absolute Gasteiger partial charge is 0.105 e. The van der Waals surface area contributed by atoms with Gasteiger partial charge in [-0.05, 0) is 44.2 Å². The molecule has 2 unspecified atom stereocenters. The van der Waals surface area contributed by atoms with Gasteiger partial charge in [0.15, 0.2) is 0 Å². The number of nitrogens with two attached hydrogens (primary N) is 1. The van der Waals surface area contributed by atoms with Gasteiger partial charge >= 0.3 is 0 Å². The Morgan fingerprint density at radius 1 is 1.44 bits per heavy atom. The molecule has 0 amide bonds. The summed E-state index contributed by atoms with van der Waals surface area (Å²) in [5, 5.41) is 0. The SMILES string of the molecule is NC(CCC1CCCCO1)Cc1ccco1. The Bertz CT molecular complexity index is 278. The van der Waals surface area contributed by atoms with E-state index in [1.165, 1.54) is 19.3 Å². The third kappa shape index (κ3) is 3.65. The Morgan fingerprint density at radius 3 is 3.06 bits per heavy atom. The number of hydrogen-bond acceptors (Lipinski definition) is 3. The molecular weight excluding hydrogens is 202 g/mol. The van der Waals surface area contributed by atoms with Crippen LogP contribution < -0.4 is 5.73 Å². The quantitative estimate of drug-likeness (QED) is 0.834. The highest BCUT2D eigenvalue weighted by atomic mass is 16.5. The van der Waals surface area contributed by atoms with Crippen LogP contribution in [0.15, 0.2) is 22.8 Å². The minimum Gasteiger partial charge on any atom is -0.469 e. The Hall–Kier alpha value is -0.800. The van der Waals surface area contributed by atoms with Gasteiger partial charge in [0.2, 0.25) is 0 Å². The summed E-state index contributed by atoms with van der Waals surface area (Å²) in [6.45, 7) is 0.929. The molecule has 90 valence electrons. The topological polar surface area (TPSA) is 48.4 Å². The zero-order valence-corrected chi connectivity index (χ0v) is 9.73. The number of hydrogen-bond donors (Lipinski definition) is 1. The van der Waals surface area contributed by atoms with E-state index in [0.29, 0.717) is 6.10 Å². The molecule has 1 aliphatic rings. The first-order valence-corrected chi connectivity index (χ1v) is 6.24. The van der Waals surface area contributed by atoms with E-state index in [4.69, 9.17) is 14.9 Å². The largest absolute Gasteiger partial charge is 0.469 e. The summed E-state index contributed by atoms with van der Waals surface area (Å²) in [7, 11) is 0. The second kappa shape index (κ2) is 6.06. The molecule has 0 spiro atoms. The van der Waals surface area contributed by atoms with Crippen LogP contribution in [0.4, 0.5) is 0 Å². The molecule has 0 aliphatic carbocycles. The first-order chi connectivity index (χ1) is 7.84. The molecule has 2 rings (SSSR count). The van der Waals surface area contributed by atoms with Gasteiger partial charge in [0.1, 0.15) is 5.76 Å². The number of rotatable bonds is 5. The summed E-state index contributed by atoms with van der Waals surface area (Å²) in [5.41, 5.74) is 6.07. The molecule has 1 aromatic heterocycles. The molecule has 3 heteroatoms. The van der Waals surface area contributed by atoms with Gasteiger partial charge in [0, 0.05) is 19.1 Å². The highest BCUT2D eigenvalue weighted by Crippen LogP contribution is 2.18. The van der Waals surface area contributed by atoms with Gasteiger partial charge in [-0.2, -0.15) is 0 Å². The van der Waals surface area contributed by atoms with Crippen molar-refractivity contribution in [1.29, 1.82) is 0 Å². The van der Waals surface area contributed by atoms with Crippen molar-refractivity contribution in [2.75, 3.05) is 6.61 Å². The molecule has 0 radical (unpaired) electrons. The molecule has 1 aromatic rings. The Balaban J connectivity index is 1.65. The summed E-state index contributed by atoms with van der Waals surface area (Å²) in [6, 6.07) is 4.08. The average Bonchev–Trinajstić information content (AvgIpc) is 2.81. The third-order valence-electron chi connectivity index (χ3n) is 3.18. The molecule has 16 heavy (non-hydrogen) atoms. The van der Waals surface area contributed by atoms with E-state index >= 15 is 0 Å². The lowest BCUT2D eigenvalue weighted by molar-refractivity contribution is 0.00909. The predicted octanol–water partition coefficient (Wildman–Crippen LogP) is 2.50. The molecule has 1 fully saturated rings. The lowest BCUT2D eigenvalue weighted by atomic mass is 10.00. The van der Waals surface area contributed by atoms with Crippen molar-refractivity contribution in [3.05, 3.63) is 24.2 Å². The maximum atomic E-state index is 6.07. The Kier molecular flexibility index (Phi) is 4.43. The van der Waals surface area contributed by atoms with Crippen molar-refractivity contribution < 1.29 is 9.15 Å². The van der Waals surface area contributed by atoms with Crippen molar-refractivity contribution in [3.63, 3.8) is 0 Å². The van der Waals surface area contributed by atoms with Gasteiger partial charge in [-0.1, -0.05) is 0 Å². The Labute approximate surface area is 97.0 Å². The lowest BCUT2D eigenvalue weighted by Crippen LogP contribution is -2.26. The average molecular weight is 223 g/mol. The normalized spacial score (nSPS) is 23.2. The van der Waals surface area contributed by atoms with E-state index in [1.54, 1.807) is 6.26 Å². The van der Waals surface area contributed by atoms with E-state index in [1.807, 2.05) is 12.1 Å². The third-order valence-corrected chi connectivity index (χ3v) is 3.18. The van der Waals surface area contributed by atoms with Gasteiger partial charge in [-0.15, -0.1) is 0 Å². The summed E-state index contributed by atoms with van der Waals surface area (Å²) < 4.78 is 11.0. The summed E-state index contributed by atoms with van der Waals surface area (Å²) >= 11 is 0. The van der Waals surface area contributed by atoms with Gasteiger partial charge in [0.25, 0.3) is 0 Å². The van der Waals surface area contributed by atoms with E-state index in [-0.39, 0.29) is 6.04 Å². The molecule has 3 nitrogen and oxygen atoms in total. The highest BCUT2D eigenvalue weighted by molar-refractivity contribution is 5.00. The van der Waals surface area contributed by atoms with Crippen LogP contribution in [0.25, 0.3) is 0 Å². The second-order valence-electron chi connectivity index (χ2n) is 4.61. The fourth-order valence-electron chi connectivity index (χ4n) is 2.22. The van der Waals surface area contributed by atoms with Crippen LogP contribution in [0, 0.1) is 0 Å². The molecule has 1 saturated heterocycles. The van der Waals surface area contributed by atoms with Crippen molar-refractivity contribution >= 4 is 0 Å². The minimum atomic E-state index is 0.191. The van der Waals surface area contributed by atoms with Crippen LogP contribution >= 0.6 is 0 Å². The first kappa shape index (κ1) is 11.7. The lowest BCUT2D eigenvalue weighted by Gasteiger charge is -2.23. The fraction of sp³-hybridized carbons (Fsp3) is 0.692. The number of ether oxygens (including phenoxy) is 1. The zero-order chi connectivity index (χ0) is 11.2. The van der Waals surface area contributed by atoms with Gasteiger partial charge < -0.3 is 14.9 Å². The summed E-state index contributed by atoms with van der Waals surface area (Å²) in [4.78, 5) is 0. The van der Waals surface area contributed by atoms with E-state index in [9.17, 15) is 0 Å². The van der Waals surface area contributed by atoms with Crippen molar-refractivity contribution in [1.82, 2.24) is 0 Å². The number of furan rings is 1. The monoisotopic (exact) mass is 223 g/mol. The van der Waals surface area contributed by atoms with E-state index < -0.39 is 0 Å². The first-order valence-electron chi connectivity index (χ1n) is 6.24. The molecule has 0 saturated carbocycles. The molecule has 0 aromatic carbocycles. The van der Waals surface area contributed by atoms with Gasteiger partial charge in [0.05, 0.1) is 12.4 Å². The highest BCUT2D eigenvalue weighted by Gasteiger charge is 2.15. The summed E-state index contributed by atoms with van der Waals surface area (Å²) in [5.74, 6) is 0.983. The second-order valence-corrected chi connectivity index (χ2v) is 4.61. The molecule has 1 aliphatic heterocycles. The Morgan fingerprint density at radius 2 is 2.38 bits per heavy atom. The zero-order valence-electron chi connectivity index (χ0n) is 9.73. The molecule has 0 bridgehead atoms. The molecular formula is C13H21NO2. The maximum Gasteiger partial charge on any atom is 0.105 e. The van der Waals surface area contributed by atoms with Gasteiger partial charge in [-0.3, -0.25) is 0 Å². The van der Waals surface area contributed by atoms with Crippen LogP contribution in [0.1, 0.15) is 37.9 Å². The van der Waals surface area contributed by atoms with Crippen molar-refractivity contribution in [3.8, 4) is 0 Å². The van der Waals surface area contributed by atoms with Crippen LogP contribution in [0.2, 0.25) is 0 Å². The summed E-state index contributed by atoms with van der Waals surface area (Å²) in [6.07, 6.45) is 8.80. The molecule has 2 heterocycles. The predicted molar refractivity (Wildman–Crippen MR) is 63.2 cm³/mol. The molecule has 2 atom stereocenters. The molecule has 2 N–H and O–H groups in total. The maximum absolute atomic E-state index is 6.07. The van der Waals surface area contributed by atoms with Crippen molar-refractivity contribution in [2.45, 2.75) is 50.7 Å². The van der Waals surface area contributed by atoms with Crippen molar-refractivity contribution in [2.24, 2.45) is 5.73 Å². The van der Waals surface area contributed by atoms with Crippen LogP contribution in [-0.2, 0) is 11.2 Å². The van der Waals surface area contributed by atoms with E-state index in [2.05, 4.69) is 0 Å². The van der Waals surface area contributed by atoms with Gasteiger partial charge in [-0.25, -0.2) is 0 Å². The fourth-order valence-corrected chi connectivity index (χ4v) is 2.22. The standard InChI is InChI=1S/C13H21NO2/c14-11(10-13-5-3-9-16-13)6-7-12-4-1-2-8-15-12/h3,5,9,11-12H,1-2,4,6-8,10,14H2. The van der Waals surface area contributed by atoms with Crippen LogP contribution in [0.3, 0.4) is 0 Å². The van der Waals surface area contributed by atoms with E-state index in [0.717, 1.165) is 31.6 Å². The minimum absolute atomic E-state index is 0.191. The van der Waals surface area contributed by atoms with Crippen LogP contribution in [-0.4, -0.2) is 18.8 Å². The van der Waals surface area contributed by atoms with Crippen LogP contribution in [0.5, 0.6) is 0 Å².